The highest BCUT2D eigenvalue weighted by Gasteiger charge is 2.20. The van der Waals surface area contributed by atoms with Gasteiger partial charge in [-0.1, -0.05) is 6.07 Å². The Kier molecular flexibility index (Phi) is 6.03. The van der Waals surface area contributed by atoms with Crippen LogP contribution in [-0.2, 0) is 5.60 Å². The summed E-state index contributed by atoms with van der Waals surface area (Å²) in [6.45, 7) is 9.07. The first kappa shape index (κ1) is 23.3. The molecule has 1 atom stereocenters. The van der Waals surface area contributed by atoms with Gasteiger partial charge in [0.25, 0.3) is 0 Å². The van der Waals surface area contributed by atoms with Crippen molar-refractivity contribution in [3.8, 4) is 17.2 Å². The number of pyridine rings is 1. The molecule has 0 unspecified atom stereocenters. The van der Waals surface area contributed by atoms with Crippen LogP contribution in [0.1, 0.15) is 55.0 Å². The Morgan fingerprint density at radius 1 is 1.06 bits per heavy atom. The Balaban J connectivity index is 1.79. The molecule has 0 bridgehead atoms. The maximum Gasteiger partial charge on any atom is 0.159 e. The van der Waals surface area contributed by atoms with Crippen molar-refractivity contribution in [3.05, 3.63) is 82.8 Å². The number of aryl methyl sites for hydroxylation is 1. The van der Waals surface area contributed by atoms with E-state index in [0.29, 0.717) is 17.0 Å². The summed E-state index contributed by atoms with van der Waals surface area (Å²) < 4.78 is 14.6. The lowest BCUT2D eigenvalue weighted by Gasteiger charge is -2.21. The molecule has 0 spiro atoms. The second-order valence-corrected chi connectivity index (χ2v) is 9.00. The van der Waals surface area contributed by atoms with Crippen LogP contribution in [0.2, 0.25) is 0 Å². The molecule has 0 radical (unpaired) electrons. The van der Waals surface area contributed by atoms with Crippen molar-refractivity contribution in [2.45, 2.75) is 46.3 Å². The molecular weight excluding hydrogens is 429 g/mol. The van der Waals surface area contributed by atoms with Gasteiger partial charge in [-0.3, -0.25) is 4.98 Å². The van der Waals surface area contributed by atoms with Gasteiger partial charge in [0.2, 0.25) is 0 Å². The zero-order valence-corrected chi connectivity index (χ0v) is 19.8. The van der Waals surface area contributed by atoms with E-state index in [1.54, 1.807) is 32.3 Å². The number of aliphatic hydroxyl groups is 1. The van der Waals surface area contributed by atoms with Gasteiger partial charge < -0.3 is 10.4 Å². The number of benzene rings is 2. The van der Waals surface area contributed by atoms with Gasteiger partial charge in [-0.25, -0.2) is 14.4 Å². The van der Waals surface area contributed by atoms with E-state index in [4.69, 9.17) is 4.98 Å². The van der Waals surface area contributed by atoms with Gasteiger partial charge in [-0.2, -0.15) is 5.26 Å². The zero-order valence-electron chi connectivity index (χ0n) is 19.8. The minimum Gasteiger partial charge on any atom is -0.382 e. The number of nitrogens with one attached hydrogen (secondary N) is 1. The smallest absolute Gasteiger partial charge is 0.159 e. The molecule has 0 saturated heterocycles. The van der Waals surface area contributed by atoms with Gasteiger partial charge in [-0.05, 0) is 76.1 Å². The average Bonchev–Trinajstić information content (AvgIpc) is 2.81. The van der Waals surface area contributed by atoms with E-state index in [-0.39, 0.29) is 11.9 Å². The number of aromatic nitrogens is 3. The van der Waals surface area contributed by atoms with Crippen LogP contribution in [0.15, 0.2) is 48.8 Å². The molecule has 0 amide bonds. The molecule has 0 aliphatic rings. The zero-order chi connectivity index (χ0) is 24.6. The van der Waals surface area contributed by atoms with Gasteiger partial charge in [0.15, 0.2) is 5.82 Å². The lowest BCUT2D eigenvalue weighted by molar-refractivity contribution is 0.0687. The standard InChI is InChI=1S/C27H26FN5O/c1-15-16(2)32-24-9-7-19(20-13-30-26(31-14-20)27(4,5)34)11-22(24)25(15)33-17(3)21-10-18(12-29)6-8-23(21)28/h6-11,13-14,17,34H,1-5H3,(H,32,33)/t17-/m1/s1. The first-order valence-corrected chi connectivity index (χ1v) is 11.0. The minimum atomic E-state index is -1.12. The molecule has 7 heteroatoms. The highest BCUT2D eigenvalue weighted by atomic mass is 19.1. The SMILES string of the molecule is Cc1nc2ccc(-c3cnc(C(C)(C)O)nc3)cc2c(N[C@H](C)c2cc(C#N)ccc2F)c1C. The van der Waals surface area contributed by atoms with Gasteiger partial charge in [0.1, 0.15) is 11.4 Å². The van der Waals surface area contributed by atoms with Gasteiger partial charge in [0.05, 0.1) is 23.2 Å². The summed E-state index contributed by atoms with van der Waals surface area (Å²) in [6.07, 6.45) is 3.38. The quantitative estimate of drug-likeness (QED) is 0.400. The fraction of sp³-hybridized carbons (Fsp3) is 0.259. The molecule has 2 aromatic carbocycles. The van der Waals surface area contributed by atoms with Crippen LogP contribution in [0.5, 0.6) is 0 Å². The largest absolute Gasteiger partial charge is 0.382 e. The maximum absolute atomic E-state index is 14.6. The number of halogens is 1. The summed E-state index contributed by atoms with van der Waals surface area (Å²) in [4.78, 5) is 13.3. The van der Waals surface area contributed by atoms with Gasteiger partial charge >= 0.3 is 0 Å². The molecule has 34 heavy (non-hydrogen) atoms. The summed E-state index contributed by atoms with van der Waals surface area (Å²) in [6, 6.07) is 12.0. The van der Waals surface area contributed by atoms with Crippen LogP contribution < -0.4 is 5.32 Å². The third-order valence-corrected chi connectivity index (χ3v) is 5.96. The fourth-order valence-electron chi connectivity index (χ4n) is 3.88. The van der Waals surface area contributed by atoms with Crippen molar-refractivity contribution < 1.29 is 9.50 Å². The average molecular weight is 456 g/mol. The Hall–Kier alpha value is -3.89. The topological polar surface area (TPSA) is 94.7 Å². The Bertz CT molecular complexity index is 1420. The number of rotatable bonds is 5. The molecule has 4 rings (SSSR count). The second-order valence-electron chi connectivity index (χ2n) is 9.00. The van der Waals surface area contributed by atoms with Crippen molar-refractivity contribution in [1.29, 1.82) is 5.26 Å². The normalized spacial score (nSPS) is 12.4. The van der Waals surface area contributed by atoms with Crippen LogP contribution in [-0.4, -0.2) is 20.1 Å². The number of nitriles is 1. The first-order valence-electron chi connectivity index (χ1n) is 11.0. The fourth-order valence-corrected chi connectivity index (χ4v) is 3.88. The van der Waals surface area contributed by atoms with Crippen molar-refractivity contribution in [2.75, 3.05) is 5.32 Å². The molecule has 0 fully saturated rings. The summed E-state index contributed by atoms with van der Waals surface area (Å²) in [5, 5.41) is 23.7. The number of hydrogen-bond donors (Lipinski definition) is 2. The summed E-state index contributed by atoms with van der Waals surface area (Å²) in [5.74, 6) is -0.0144. The van der Waals surface area contributed by atoms with Crippen LogP contribution in [0.3, 0.4) is 0 Å². The third kappa shape index (κ3) is 4.45. The third-order valence-electron chi connectivity index (χ3n) is 5.96. The Morgan fingerprint density at radius 3 is 2.41 bits per heavy atom. The lowest BCUT2D eigenvalue weighted by atomic mass is 10.00. The van der Waals surface area contributed by atoms with Gasteiger partial charge in [-0.15, -0.1) is 0 Å². The summed E-state index contributed by atoms with van der Waals surface area (Å²) >= 11 is 0. The van der Waals surface area contributed by atoms with Crippen LogP contribution in [0.25, 0.3) is 22.0 Å². The number of anilines is 1. The van der Waals surface area contributed by atoms with Crippen LogP contribution in [0.4, 0.5) is 10.1 Å². The number of hydrogen-bond acceptors (Lipinski definition) is 6. The van der Waals surface area contributed by atoms with Crippen molar-refractivity contribution in [1.82, 2.24) is 15.0 Å². The highest BCUT2D eigenvalue weighted by Crippen LogP contribution is 2.34. The number of fused-ring (bicyclic) bond motifs is 1. The Labute approximate surface area is 198 Å². The second kappa shape index (κ2) is 8.81. The van der Waals surface area contributed by atoms with Crippen LogP contribution in [0, 0.1) is 31.0 Å². The molecule has 2 aromatic heterocycles. The molecule has 0 saturated carbocycles. The predicted molar refractivity (Wildman–Crippen MR) is 131 cm³/mol. The van der Waals surface area contributed by atoms with E-state index < -0.39 is 5.60 Å². The van der Waals surface area contributed by atoms with E-state index in [1.165, 1.54) is 12.1 Å². The molecular formula is C27H26FN5O. The lowest BCUT2D eigenvalue weighted by Crippen LogP contribution is -2.19. The maximum atomic E-state index is 14.6. The minimum absolute atomic E-state index is 0.350. The van der Waals surface area contributed by atoms with E-state index in [9.17, 15) is 14.8 Å². The van der Waals surface area contributed by atoms with Gasteiger partial charge in [0, 0.05) is 40.3 Å². The number of nitrogens with zero attached hydrogens (tertiary/aromatic N) is 4. The summed E-state index contributed by atoms with van der Waals surface area (Å²) in [5.41, 5.74) is 4.91. The molecule has 2 N–H and O–H groups in total. The first-order chi connectivity index (χ1) is 16.1. The van der Waals surface area contributed by atoms with E-state index in [2.05, 4.69) is 21.4 Å². The summed E-state index contributed by atoms with van der Waals surface area (Å²) in [7, 11) is 0. The Morgan fingerprint density at radius 2 is 1.76 bits per heavy atom. The van der Waals surface area contributed by atoms with Crippen molar-refractivity contribution in [3.63, 3.8) is 0 Å². The van der Waals surface area contributed by atoms with E-state index >= 15 is 0 Å². The molecule has 6 nitrogen and oxygen atoms in total. The van der Waals surface area contributed by atoms with E-state index in [0.717, 1.165) is 39.0 Å². The molecule has 0 aliphatic heterocycles. The molecule has 2 heterocycles. The molecule has 0 aliphatic carbocycles. The monoisotopic (exact) mass is 455 g/mol. The highest BCUT2D eigenvalue weighted by molar-refractivity contribution is 5.96. The van der Waals surface area contributed by atoms with Crippen molar-refractivity contribution >= 4 is 16.6 Å². The van der Waals surface area contributed by atoms with E-state index in [1.807, 2.05) is 39.0 Å². The van der Waals surface area contributed by atoms with Crippen molar-refractivity contribution in [2.24, 2.45) is 0 Å². The predicted octanol–water partition coefficient (Wildman–Crippen LogP) is 5.72. The molecule has 4 aromatic rings. The van der Waals surface area contributed by atoms with Crippen LogP contribution >= 0.6 is 0 Å². The molecule has 172 valence electrons.